The number of nitrogens with one attached hydrogen (secondary N) is 1. The third-order valence-corrected chi connectivity index (χ3v) is 3.31. The number of ether oxygens (including phenoxy) is 1. The van der Waals surface area contributed by atoms with Gasteiger partial charge in [-0.15, -0.1) is 0 Å². The van der Waals surface area contributed by atoms with Gasteiger partial charge in [0, 0.05) is 13.1 Å². The van der Waals surface area contributed by atoms with Gasteiger partial charge < -0.3 is 10.1 Å². The molecule has 1 amide bonds. The summed E-state index contributed by atoms with van der Waals surface area (Å²) < 4.78 is 4.57. The molecule has 0 heterocycles. The molecule has 0 radical (unpaired) electrons. The number of carbonyl (C=O) groups excluding carboxylic acids is 2. The van der Waals surface area contributed by atoms with Crippen molar-refractivity contribution >= 4 is 11.9 Å². The van der Waals surface area contributed by atoms with E-state index in [1.54, 1.807) is 4.90 Å². The Morgan fingerprint density at radius 2 is 1.95 bits per heavy atom. The molecular formula is C16H24N2O3. The summed E-state index contributed by atoms with van der Waals surface area (Å²) >= 11 is 0. The third-order valence-electron chi connectivity index (χ3n) is 3.31. The topological polar surface area (TPSA) is 58.6 Å². The maximum absolute atomic E-state index is 11.8. The van der Waals surface area contributed by atoms with Crippen LogP contribution in [0.5, 0.6) is 0 Å². The molecule has 1 aromatic carbocycles. The lowest BCUT2D eigenvalue weighted by atomic mass is 10.0. The van der Waals surface area contributed by atoms with E-state index in [2.05, 4.69) is 29.1 Å². The van der Waals surface area contributed by atoms with Gasteiger partial charge in [-0.25, -0.2) is 0 Å². The molecule has 0 saturated heterocycles. The Bertz CT molecular complexity index is 448. The average molecular weight is 292 g/mol. The number of hydrogen-bond acceptors (Lipinski definition) is 4. The molecular weight excluding hydrogens is 268 g/mol. The van der Waals surface area contributed by atoms with Crippen LogP contribution in [-0.2, 0) is 14.3 Å². The van der Waals surface area contributed by atoms with E-state index < -0.39 is 0 Å². The lowest BCUT2D eigenvalue weighted by Gasteiger charge is -2.17. The van der Waals surface area contributed by atoms with E-state index >= 15 is 0 Å². The first-order valence-electron chi connectivity index (χ1n) is 7.10. The summed E-state index contributed by atoms with van der Waals surface area (Å²) in [5.41, 5.74) is 1.21. The first-order chi connectivity index (χ1) is 10.0. The van der Waals surface area contributed by atoms with Gasteiger partial charge >= 0.3 is 5.97 Å². The van der Waals surface area contributed by atoms with Crippen LogP contribution in [0.4, 0.5) is 0 Å². The Morgan fingerprint density at radius 3 is 2.57 bits per heavy atom. The highest BCUT2D eigenvalue weighted by Crippen LogP contribution is 2.12. The molecule has 0 aromatic heterocycles. The molecule has 0 spiro atoms. The standard InChI is InChI=1S/C16H24N2O3/c1-13(14-7-5-4-6-8-14)11-17-15(19)12-18(2)10-9-16(20)21-3/h4-8,13H,9-12H2,1-3H3,(H,17,19). The van der Waals surface area contributed by atoms with E-state index in [0.717, 1.165) is 0 Å². The van der Waals surface area contributed by atoms with Gasteiger partial charge in [-0.05, 0) is 18.5 Å². The molecule has 5 nitrogen and oxygen atoms in total. The number of amides is 1. The van der Waals surface area contributed by atoms with E-state index in [9.17, 15) is 9.59 Å². The summed E-state index contributed by atoms with van der Waals surface area (Å²) in [4.78, 5) is 24.7. The summed E-state index contributed by atoms with van der Waals surface area (Å²) in [6, 6.07) is 10.1. The predicted octanol–water partition coefficient (Wildman–Crippen LogP) is 1.40. The van der Waals surface area contributed by atoms with Gasteiger partial charge in [0.05, 0.1) is 20.1 Å². The number of carbonyl (C=O) groups is 2. The molecule has 116 valence electrons. The van der Waals surface area contributed by atoms with Crippen LogP contribution in [0.15, 0.2) is 30.3 Å². The molecule has 0 aliphatic carbocycles. The molecule has 0 aliphatic heterocycles. The first kappa shape index (κ1) is 17.2. The highest BCUT2D eigenvalue weighted by Gasteiger charge is 2.10. The predicted molar refractivity (Wildman–Crippen MR) is 82.0 cm³/mol. The lowest BCUT2D eigenvalue weighted by molar-refractivity contribution is -0.141. The third kappa shape index (κ3) is 6.90. The summed E-state index contributed by atoms with van der Waals surface area (Å²) in [5.74, 6) is -0.0272. The van der Waals surface area contributed by atoms with Gasteiger partial charge in [0.1, 0.15) is 0 Å². The fraction of sp³-hybridized carbons (Fsp3) is 0.500. The minimum Gasteiger partial charge on any atom is -0.469 e. The van der Waals surface area contributed by atoms with Gasteiger partial charge in [-0.1, -0.05) is 37.3 Å². The lowest BCUT2D eigenvalue weighted by Crippen LogP contribution is -2.37. The van der Waals surface area contributed by atoms with Gasteiger partial charge in [0.25, 0.3) is 0 Å². The zero-order valence-corrected chi connectivity index (χ0v) is 13.0. The highest BCUT2D eigenvalue weighted by atomic mass is 16.5. The van der Waals surface area contributed by atoms with E-state index in [1.807, 2.05) is 25.2 Å². The molecule has 0 aliphatic rings. The molecule has 1 N–H and O–H groups in total. The molecule has 1 aromatic rings. The van der Waals surface area contributed by atoms with Gasteiger partial charge in [0.15, 0.2) is 0 Å². The SMILES string of the molecule is COC(=O)CCN(C)CC(=O)NCC(C)c1ccccc1. The van der Waals surface area contributed by atoms with Crippen molar-refractivity contribution in [1.29, 1.82) is 0 Å². The highest BCUT2D eigenvalue weighted by molar-refractivity contribution is 5.78. The molecule has 0 fully saturated rings. The smallest absolute Gasteiger partial charge is 0.306 e. The summed E-state index contributed by atoms with van der Waals surface area (Å²) in [6.45, 7) is 3.47. The zero-order valence-electron chi connectivity index (χ0n) is 13.0. The van der Waals surface area contributed by atoms with Crippen molar-refractivity contribution in [2.75, 3.05) is 33.8 Å². The minimum atomic E-state index is -0.264. The summed E-state index contributed by atoms with van der Waals surface area (Å²) in [5, 5.41) is 2.92. The number of methoxy groups -OCH3 is 1. The van der Waals surface area contributed by atoms with Crippen molar-refractivity contribution in [2.45, 2.75) is 19.3 Å². The van der Waals surface area contributed by atoms with E-state index in [1.165, 1.54) is 12.7 Å². The van der Waals surface area contributed by atoms with Crippen LogP contribution < -0.4 is 5.32 Å². The quantitative estimate of drug-likeness (QED) is 0.736. The number of likely N-dealkylation sites (N-methyl/N-ethyl adjacent to an activating group) is 1. The number of rotatable bonds is 8. The first-order valence-corrected chi connectivity index (χ1v) is 7.10. The van der Waals surface area contributed by atoms with Crippen molar-refractivity contribution in [3.05, 3.63) is 35.9 Å². The molecule has 0 saturated carbocycles. The van der Waals surface area contributed by atoms with Crippen LogP contribution in [0.25, 0.3) is 0 Å². The second kappa shape index (κ2) is 9.13. The largest absolute Gasteiger partial charge is 0.469 e. The molecule has 1 unspecified atom stereocenters. The number of benzene rings is 1. The normalized spacial score (nSPS) is 12.0. The second-order valence-corrected chi connectivity index (χ2v) is 5.18. The molecule has 1 atom stereocenters. The minimum absolute atomic E-state index is 0.0369. The Hall–Kier alpha value is -1.88. The fourth-order valence-electron chi connectivity index (χ4n) is 1.93. The Morgan fingerprint density at radius 1 is 1.29 bits per heavy atom. The van der Waals surface area contributed by atoms with Crippen molar-refractivity contribution in [2.24, 2.45) is 0 Å². The molecule has 21 heavy (non-hydrogen) atoms. The van der Waals surface area contributed by atoms with Crippen LogP contribution in [0.3, 0.4) is 0 Å². The van der Waals surface area contributed by atoms with Crippen LogP contribution in [0, 0.1) is 0 Å². The maximum Gasteiger partial charge on any atom is 0.306 e. The monoisotopic (exact) mass is 292 g/mol. The fourth-order valence-corrected chi connectivity index (χ4v) is 1.93. The van der Waals surface area contributed by atoms with Gasteiger partial charge in [0.2, 0.25) is 5.91 Å². The van der Waals surface area contributed by atoms with E-state index in [4.69, 9.17) is 0 Å². The van der Waals surface area contributed by atoms with Crippen LogP contribution in [0.2, 0.25) is 0 Å². The molecule has 5 heteroatoms. The van der Waals surface area contributed by atoms with E-state index in [-0.39, 0.29) is 24.3 Å². The van der Waals surface area contributed by atoms with Crippen LogP contribution >= 0.6 is 0 Å². The Labute approximate surface area is 126 Å². The Balaban J connectivity index is 2.26. The second-order valence-electron chi connectivity index (χ2n) is 5.18. The van der Waals surface area contributed by atoms with Crippen molar-refractivity contribution < 1.29 is 14.3 Å². The Kier molecular flexibility index (Phi) is 7.46. The number of hydrogen-bond donors (Lipinski definition) is 1. The maximum atomic E-state index is 11.8. The summed E-state index contributed by atoms with van der Waals surface area (Å²) in [6.07, 6.45) is 0.292. The van der Waals surface area contributed by atoms with Crippen molar-refractivity contribution in [3.8, 4) is 0 Å². The molecule has 0 bridgehead atoms. The summed E-state index contributed by atoms with van der Waals surface area (Å²) in [7, 11) is 3.17. The molecule has 1 rings (SSSR count). The van der Waals surface area contributed by atoms with Crippen molar-refractivity contribution in [1.82, 2.24) is 10.2 Å². The average Bonchev–Trinajstić information content (AvgIpc) is 2.51. The van der Waals surface area contributed by atoms with Gasteiger partial charge in [-0.3, -0.25) is 14.5 Å². The van der Waals surface area contributed by atoms with Crippen LogP contribution in [0.1, 0.15) is 24.8 Å². The van der Waals surface area contributed by atoms with Crippen molar-refractivity contribution in [3.63, 3.8) is 0 Å². The number of esters is 1. The zero-order chi connectivity index (χ0) is 15.7. The van der Waals surface area contributed by atoms with E-state index in [0.29, 0.717) is 19.5 Å². The number of nitrogens with zero attached hydrogens (tertiary/aromatic N) is 1. The van der Waals surface area contributed by atoms with Gasteiger partial charge in [-0.2, -0.15) is 0 Å². The van der Waals surface area contributed by atoms with Crippen LogP contribution in [-0.4, -0.2) is 50.6 Å².